The number of rotatable bonds is 2. The molecule has 0 bridgehead atoms. The topological polar surface area (TPSA) is 58.2 Å². The van der Waals surface area contributed by atoms with Gasteiger partial charge in [-0.2, -0.15) is 5.10 Å². The smallest absolute Gasteiger partial charge is 0.272 e. The number of hydroxylamine groups is 2. The van der Waals surface area contributed by atoms with E-state index >= 15 is 0 Å². The summed E-state index contributed by atoms with van der Waals surface area (Å²) in [4.78, 5) is 17.8. The van der Waals surface area contributed by atoms with Crippen LogP contribution in [0.3, 0.4) is 0 Å². The molecule has 2 aromatic rings. The van der Waals surface area contributed by atoms with Crippen molar-refractivity contribution in [3.63, 3.8) is 0 Å². The molecule has 0 radical (unpaired) electrons. The van der Waals surface area contributed by atoms with Crippen molar-refractivity contribution in [2.45, 2.75) is 19.3 Å². The fourth-order valence-corrected chi connectivity index (χ4v) is 2.54. The van der Waals surface area contributed by atoms with E-state index < -0.39 is 0 Å². The van der Waals surface area contributed by atoms with Crippen LogP contribution in [-0.4, -0.2) is 34.3 Å². The number of H-pyrrole nitrogens is 1. The van der Waals surface area contributed by atoms with Crippen molar-refractivity contribution < 1.29 is 9.63 Å². The van der Waals surface area contributed by atoms with Gasteiger partial charge in [-0.3, -0.25) is 14.7 Å². The van der Waals surface area contributed by atoms with Gasteiger partial charge in [0.15, 0.2) is 0 Å². The molecule has 0 aliphatic carbocycles. The van der Waals surface area contributed by atoms with E-state index in [9.17, 15) is 4.79 Å². The standard InChI is InChI=1S/C15H16ClN3O2/c16-12-7-3-2-6-11(12)13-10-14(18-17-13)15(20)19-8-4-1-5-9-21-19/h2-3,6-7,10H,1,4-5,8-9H2,(H,17,18). The van der Waals surface area contributed by atoms with Gasteiger partial charge in [-0.1, -0.05) is 29.8 Å². The predicted octanol–water partition coefficient (Wildman–Crippen LogP) is 3.29. The third-order valence-electron chi connectivity index (χ3n) is 3.44. The van der Waals surface area contributed by atoms with Crippen LogP contribution in [0.5, 0.6) is 0 Å². The van der Waals surface area contributed by atoms with Crippen LogP contribution in [0.4, 0.5) is 0 Å². The molecule has 5 nitrogen and oxygen atoms in total. The number of aromatic nitrogens is 2. The lowest BCUT2D eigenvalue weighted by atomic mass is 10.1. The summed E-state index contributed by atoms with van der Waals surface area (Å²) in [5.41, 5.74) is 1.86. The molecule has 1 fully saturated rings. The Morgan fingerprint density at radius 3 is 3.00 bits per heavy atom. The fraction of sp³-hybridized carbons (Fsp3) is 0.333. The van der Waals surface area contributed by atoms with Crippen molar-refractivity contribution in [1.29, 1.82) is 0 Å². The summed E-state index contributed by atoms with van der Waals surface area (Å²) >= 11 is 6.14. The molecule has 0 spiro atoms. The monoisotopic (exact) mass is 305 g/mol. The molecule has 1 aliphatic heterocycles. The second-order valence-electron chi connectivity index (χ2n) is 4.95. The summed E-state index contributed by atoms with van der Waals surface area (Å²) in [5, 5.41) is 8.96. The molecule has 6 heteroatoms. The zero-order valence-electron chi connectivity index (χ0n) is 11.5. The van der Waals surface area contributed by atoms with Crippen LogP contribution < -0.4 is 0 Å². The Balaban J connectivity index is 1.81. The molecule has 21 heavy (non-hydrogen) atoms. The highest BCUT2D eigenvalue weighted by atomic mass is 35.5. The summed E-state index contributed by atoms with van der Waals surface area (Å²) in [6.45, 7) is 1.19. The van der Waals surface area contributed by atoms with Gasteiger partial charge in [0.05, 0.1) is 17.3 Å². The van der Waals surface area contributed by atoms with Crippen molar-refractivity contribution >= 4 is 17.5 Å². The molecule has 0 saturated carbocycles. The summed E-state index contributed by atoms with van der Waals surface area (Å²) in [6, 6.07) is 9.11. The number of carbonyl (C=O) groups is 1. The number of carbonyl (C=O) groups excluding carboxylic acids is 1. The van der Waals surface area contributed by atoms with Crippen molar-refractivity contribution in [3.8, 4) is 11.3 Å². The molecule has 1 N–H and O–H groups in total. The van der Waals surface area contributed by atoms with Gasteiger partial charge < -0.3 is 0 Å². The van der Waals surface area contributed by atoms with Gasteiger partial charge in [0.1, 0.15) is 5.69 Å². The van der Waals surface area contributed by atoms with E-state index in [1.807, 2.05) is 18.2 Å². The maximum atomic E-state index is 12.4. The Labute approximate surface area is 127 Å². The average Bonchev–Trinajstić information content (AvgIpc) is 2.82. The Morgan fingerprint density at radius 1 is 1.29 bits per heavy atom. The normalized spacial score (nSPS) is 15.8. The second-order valence-corrected chi connectivity index (χ2v) is 5.36. The first-order valence-electron chi connectivity index (χ1n) is 7.01. The minimum Gasteiger partial charge on any atom is -0.272 e. The molecule has 110 valence electrons. The van der Waals surface area contributed by atoms with Crippen molar-refractivity contribution in [2.24, 2.45) is 0 Å². The highest BCUT2D eigenvalue weighted by Crippen LogP contribution is 2.26. The van der Waals surface area contributed by atoms with Crippen LogP contribution in [0.15, 0.2) is 30.3 Å². The largest absolute Gasteiger partial charge is 0.295 e. The third kappa shape index (κ3) is 3.09. The number of amides is 1. The lowest BCUT2D eigenvalue weighted by molar-refractivity contribution is -0.116. The molecule has 2 heterocycles. The highest BCUT2D eigenvalue weighted by Gasteiger charge is 2.21. The second kappa shape index (κ2) is 6.28. The first-order chi connectivity index (χ1) is 10.3. The minimum atomic E-state index is -0.192. The molecule has 1 aromatic heterocycles. The van der Waals surface area contributed by atoms with Crippen molar-refractivity contribution in [2.75, 3.05) is 13.2 Å². The number of aromatic amines is 1. The van der Waals surface area contributed by atoms with Gasteiger partial charge >= 0.3 is 0 Å². The zero-order chi connectivity index (χ0) is 14.7. The van der Waals surface area contributed by atoms with Crippen molar-refractivity contribution in [3.05, 3.63) is 41.0 Å². The average molecular weight is 306 g/mol. The summed E-state index contributed by atoms with van der Waals surface area (Å²) in [6.07, 6.45) is 3.02. The summed E-state index contributed by atoms with van der Waals surface area (Å²) in [7, 11) is 0. The van der Waals surface area contributed by atoms with E-state index in [0.717, 1.165) is 24.8 Å². The molecule has 1 aliphatic rings. The molecule has 0 unspecified atom stereocenters. The van der Waals surface area contributed by atoms with E-state index in [4.69, 9.17) is 16.4 Å². The molecule has 0 atom stereocenters. The molecular weight excluding hydrogens is 290 g/mol. The van der Waals surface area contributed by atoms with Crippen molar-refractivity contribution in [1.82, 2.24) is 15.3 Å². The molecule has 1 saturated heterocycles. The van der Waals surface area contributed by atoms with Crippen LogP contribution >= 0.6 is 11.6 Å². The molecule has 1 aromatic carbocycles. The van der Waals surface area contributed by atoms with Gasteiger partial charge in [-0.15, -0.1) is 0 Å². The Bertz CT molecular complexity index is 633. The number of nitrogens with one attached hydrogen (secondary N) is 1. The maximum Gasteiger partial charge on any atom is 0.295 e. The van der Waals surface area contributed by atoms with Crippen LogP contribution in [-0.2, 0) is 4.84 Å². The first-order valence-corrected chi connectivity index (χ1v) is 7.38. The maximum absolute atomic E-state index is 12.4. The Morgan fingerprint density at radius 2 is 2.14 bits per heavy atom. The van der Waals surface area contributed by atoms with Crippen LogP contribution in [0.2, 0.25) is 5.02 Å². The van der Waals surface area contributed by atoms with Crippen LogP contribution in [0.1, 0.15) is 29.8 Å². The number of hydrogen-bond acceptors (Lipinski definition) is 3. The quantitative estimate of drug-likeness (QED) is 0.926. The Hall–Kier alpha value is -1.85. The number of nitrogens with zero attached hydrogens (tertiary/aromatic N) is 2. The van der Waals surface area contributed by atoms with Crippen LogP contribution in [0, 0.1) is 0 Å². The van der Waals surface area contributed by atoms with Gasteiger partial charge in [0, 0.05) is 12.1 Å². The molecular formula is C15H16ClN3O2. The lowest BCUT2D eigenvalue weighted by Gasteiger charge is -2.17. The Kier molecular flexibility index (Phi) is 4.22. The number of benzene rings is 1. The number of halogens is 1. The highest BCUT2D eigenvalue weighted by molar-refractivity contribution is 6.33. The van der Waals surface area contributed by atoms with Gasteiger partial charge in [0.25, 0.3) is 5.91 Å². The minimum absolute atomic E-state index is 0.192. The lowest BCUT2D eigenvalue weighted by Crippen LogP contribution is -2.31. The fourth-order valence-electron chi connectivity index (χ4n) is 2.31. The summed E-state index contributed by atoms with van der Waals surface area (Å²) in [5.74, 6) is -0.192. The van der Waals surface area contributed by atoms with Gasteiger partial charge in [-0.25, -0.2) is 5.06 Å². The third-order valence-corrected chi connectivity index (χ3v) is 3.77. The van der Waals surface area contributed by atoms with E-state index in [0.29, 0.717) is 29.6 Å². The van der Waals surface area contributed by atoms with E-state index in [2.05, 4.69) is 10.2 Å². The van der Waals surface area contributed by atoms with Gasteiger partial charge in [0.2, 0.25) is 0 Å². The predicted molar refractivity (Wildman–Crippen MR) is 79.9 cm³/mol. The van der Waals surface area contributed by atoms with E-state index in [1.54, 1.807) is 12.1 Å². The van der Waals surface area contributed by atoms with E-state index in [-0.39, 0.29) is 5.91 Å². The van der Waals surface area contributed by atoms with Crippen LogP contribution in [0.25, 0.3) is 11.3 Å². The number of hydrogen-bond donors (Lipinski definition) is 1. The molecule has 1 amide bonds. The SMILES string of the molecule is O=C(c1cc(-c2ccccc2Cl)n[nH]1)N1CCCCCO1. The first kappa shape index (κ1) is 14.1. The van der Waals surface area contributed by atoms with Gasteiger partial charge in [-0.05, 0) is 31.4 Å². The summed E-state index contributed by atoms with van der Waals surface area (Å²) < 4.78 is 0. The zero-order valence-corrected chi connectivity index (χ0v) is 12.3. The molecule has 3 rings (SSSR count). The van der Waals surface area contributed by atoms with E-state index in [1.165, 1.54) is 5.06 Å².